The van der Waals surface area contributed by atoms with E-state index in [1.807, 2.05) is 0 Å². The molecule has 0 heterocycles. The van der Waals surface area contributed by atoms with Crippen LogP contribution in [0.15, 0.2) is 91.0 Å². The van der Waals surface area contributed by atoms with E-state index in [2.05, 4.69) is 131 Å². The average Bonchev–Trinajstić information content (AvgIpc) is 3.02. The van der Waals surface area contributed by atoms with E-state index in [0.717, 1.165) is 0 Å². The Kier molecular flexibility index (Phi) is 4.74. The lowest BCUT2D eigenvalue weighted by Gasteiger charge is -2.28. The monoisotopic (exact) mass is 417 g/mol. The highest BCUT2D eigenvalue weighted by molar-refractivity contribution is 5.96. The number of fused-ring (bicyclic) bond motifs is 3. The van der Waals surface area contributed by atoms with Crippen LogP contribution in [-0.4, -0.2) is 0 Å². The molecule has 160 valence electrons. The first-order valence-corrected chi connectivity index (χ1v) is 11.5. The summed E-state index contributed by atoms with van der Waals surface area (Å²) in [5.74, 6) is 0. The van der Waals surface area contributed by atoms with Gasteiger partial charge in [-0.1, -0.05) is 113 Å². The lowest BCUT2D eigenvalue weighted by Crippen LogP contribution is -2.18. The molecule has 0 unspecified atom stereocenters. The predicted molar refractivity (Wildman–Crippen MR) is 138 cm³/mol. The summed E-state index contributed by atoms with van der Waals surface area (Å²) in [4.78, 5) is 0. The Morgan fingerprint density at radius 1 is 0.625 bits per heavy atom. The maximum Gasteiger partial charge on any atom is 0.0432 e. The summed E-state index contributed by atoms with van der Waals surface area (Å²) in [6.45, 7) is 11.5. The summed E-state index contributed by atoms with van der Waals surface area (Å²) in [7, 11) is 0. The highest BCUT2D eigenvalue weighted by Crippen LogP contribution is 2.55. The van der Waals surface area contributed by atoms with E-state index in [1.165, 1.54) is 50.3 Å². The Hall–Kier alpha value is -3.32. The Bertz CT molecular complexity index is 1290. The van der Waals surface area contributed by atoms with Gasteiger partial charge in [0.05, 0.1) is 0 Å². The van der Waals surface area contributed by atoms with Crippen LogP contribution in [0.25, 0.3) is 22.3 Å². The maximum absolute atomic E-state index is 3.85. The normalized spacial score (nSPS) is 14.0. The van der Waals surface area contributed by atoms with Crippen LogP contribution in [0.2, 0.25) is 0 Å². The average molecular weight is 418 g/mol. The van der Waals surface area contributed by atoms with Crippen LogP contribution >= 0.6 is 0 Å². The van der Waals surface area contributed by atoms with Gasteiger partial charge in [0.2, 0.25) is 0 Å². The Labute approximate surface area is 192 Å². The van der Waals surface area contributed by atoms with Gasteiger partial charge in [-0.3, -0.25) is 0 Å². The van der Waals surface area contributed by atoms with Crippen LogP contribution < -0.4 is 5.32 Å². The summed E-state index contributed by atoms with van der Waals surface area (Å²) >= 11 is 0. The third-order valence-corrected chi connectivity index (χ3v) is 6.79. The number of hydrogen-bond donors (Lipinski definition) is 1. The molecule has 1 nitrogen and oxygen atoms in total. The van der Waals surface area contributed by atoms with Gasteiger partial charge in [-0.2, -0.15) is 0 Å². The summed E-state index contributed by atoms with van der Waals surface area (Å²) in [6, 6.07) is 32.9. The highest BCUT2D eigenvalue weighted by atomic mass is 14.9. The lowest BCUT2D eigenvalue weighted by atomic mass is 9.80. The SMILES string of the molecule is CC(C)(C)c1ccccc1Nc1ccc(-c2ccccc2)c2c1C(C)(C)c1ccccc1-2. The Balaban J connectivity index is 1.76. The van der Waals surface area contributed by atoms with Gasteiger partial charge < -0.3 is 5.32 Å². The zero-order valence-electron chi connectivity index (χ0n) is 19.7. The minimum atomic E-state index is -0.0876. The number of nitrogens with one attached hydrogen (secondary N) is 1. The molecule has 0 atom stereocenters. The fourth-order valence-corrected chi connectivity index (χ4v) is 5.27. The second kappa shape index (κ2) is 7.38. The molecule has 1 N–H and O–H groups in total. The first kappa shape index (κ1) is 20.6. The first-order valence-electron chi connectivity index (χ1n) is 11.5. The smallest absolute Gasteiger partial charge is 0.0432 e. The van der Waals surface area contributed by atoms with Crippen molar-refractivity contribution < 1.29 is 0 Å². The molecule has 0 amide bonds. The standard InChI is InChI=1S/C31H31N/c1-30(2,3)25-17-11-12-18-26(25)32-27-20-19-22(21-13-7-6-8-14-21)28-23-15-9-10-16-24(23)31(4,5)29(27)28/h6-20,32H,1-5H3. The van der Waals surface area contributed by atoms with E-state index in [0.29, 0.717) is 0 Å². The molecule has 0 aromatic heterocycles. The van der Waals surface area contributed by atoms with Gasteiger partial charge in [0, 0.05) is 16.8 Å². The zero-order chi connectivity index (χ0) is 22.5. The van der Waals surface area contributed by atoms with Crippen LogP contribution in [-0.2, 0) is 10.8 Å². The molecule has 0 bridgehead atoms. The highest BCUT2D eigenvalue weighted by Gasteiger charge is 2.39. The largest absolute Gasteiger partial charge is 0.355 e. The molecular formula is C31H31N. The van der Waals surface area contributed by atoms with Crippen LogP contribution in [0.1, 0.15) is 51.3 Å². The second-order valence-electron chi connectivity index (χ2n) is 10.4. The summed E-state index contributed by atoms with van der Waals surface area (Å²) in [5, 5.41) is 3.85. The molecule has 1 aliphatic carbocycles. The molecule has 0 radical (unpaired) electrons. The predicted octanol–water partition coefficient (Wildman–Crippen LogP) is 8.70. The van der Waals surface area contributed by atoms with Crippen LogP contribution in [0, 0.1) is 0 Å². The van der Waals surface area contributed by atoms with Gasteiger partial charge in [0.15, 0.2) is 0 Å². The van der Waals surface area contributed by atoms with Crippen LogP contribution in [0.4, 0.5) is 11.4 Å². The first-order chi connectivity index (χ1) is 15.3. The zero-order valence-corrected chi connectivity index (χ0v) is 19.7. The van der Waals surface area contributed by atoms with Crippen molar-refractivity contribution >= 4 is 11.4 Å². The van der Waals surface area contributed by atoms with Gasteiger partial charge in [0.1, 0.15) is 0 Å². The van der Waals surface area contributed by atoms with E-state index < -0.39 is 0 Å². The third-order valence-electron chi connectivity index (χ3n) is 6.79. The summed E-state index contributed by atoms with van der Waals surface area (Å²) < 4.78 is 0. The van der Waals surface area contributed by atoms with Crippen LogP contribution in [0.3, 0.4) is 0 Å². The van der Waals surface area contributed by atoms with Crippen molar-refractivity contribution in [1.29, 1.82) is 0 Å². The topological polar surface area (TPSA) is 12.0 Å². The second-order valence-corrected chi connectivity index (χ2v) is 10.4. The number of rotatable bonds is 3. The number of para-hydroxylation sites is 1. The Morgan fingerprint density at radius 2 is 1.28 bits per heavy atom. The molecule has 4 aromatic carbocycles. The third kappa shape index (κ3) is 3.24. The molecule has 0 aliphatic heterocycles. The van der Waals surface area contributed by atoms with Crippen molar-refractivity contribution in [2.24, 2.45) is 0 Å². The van der Waals surface area contributed by atoms with Crippen molar-refractivity contribution in [3.05, 3.63) is 108 Å². The van der Waals surface area contributed by atoms with Crippen LogP contribution in [0.5, 0.6) is 0 Å². The quantitative estimate of drug-likeness (QED) is 0.351. The van der Waals surface area contributed by atoms with Gasteiger partial charge in [0.25, 0.3) is 0 Å². The molecule has 1 aliphatic rings. The molecule has 1 heteroatoms. The van der Waals surface area contributed by atoms with E-state index >= 15 is 0 Å². The van der Waals surface area contributed by atoms with E-state index in [9.17, 15) is 0 Å². The lowest BCUT2D eigenvalue weighted by molar-refractivity contribution is 0.592. The maximum atomic E-state index is 3.85. The number of benzene rings is 4. The molecule has 32 heavy (non-hydrogen) atoms. The molecule has 5 rings (SSSR count). The minimum Gasteiger partial charge on any atom is -0.355 e. The van der Waals surface area contributed by atoms with Crippen molar-refractivity contribution in [2.45, 2.75) is 45.4 Å². The van der Waals surface area contributed by atoms with Gasteiger partial charge in [-0.05, 0) is 56.5 Å². The summed E-state index contributed by atoms with van der Waals surface area (Å²) in [6.07, 6.45) is 0. The van der Waals surface area contributed by atoms with Crippen molar-refractivity contribution in [3.8, 4) is 22.3 Å². The molecular weight excluding hydrogens is 386 g/mol. The molecule has 4 aromatic rings. The Morgan fingerprint density at radius 3 is 2.03 bits per heavy atom. The molecule has 0 spiro atoms. The molecule has 0 fully saturated rings. The van der Waals surface area contributed by atoms with Crippen molar-refractivity contribution in [2.75, 3.05) is 5.32 Å². The minimum absolute atomic E-state index is 0.0647. The van der Waals surface area contributed by atoms with E-state index in [1.54, 1.807) is 0 Å². The molecule has 0 saturated carbocycles. The van der Waals surface area contributed by atoms with E-state index in [-0.39, 0.29) is 10.8 Å². The van der Waals surface area contributed by atoms with Gasteiger partial charge in [-0.15, -0.1) is 0 Å². The van der Waals surface area contributed by atoms with Gasteiger partial charge >= 0.3 is 0 Å². The van der Waals surface area contributed by atoms with Crippen molar-refractivity contribution in [1.82, 2.24) is 0 Å². The number of hydrogen-bond acceptors (Lipinski definition) is 1. The fraction of sp³-hybridized carbons (Fsp3) is 0.226. The number of anilines is 2. The molecule has 0 saturated heterocycles. The van der Waals surface area contributed by atoms with Gasteiger partial charge in [-0.25, -0.2) is 0 Å². The summed E-state index contributed by atoms with van der Waals surface area (Å²) in [5.41, 5.74) is 11.7. The van der Waals surface area contributed by atoms with Crippen molar-refractivity contribution in [3.63, 3.8) is 0 Å². The fourth-order valence-electron chi connectivity index (χ4n) is 5.27. The van der Waals surface area contributed by atoms with E-state index in [4.69, 9.17) is 0 Å².